The number of rotatable bonds is 9. The Labute approximate surface area is 86.2 Å². The molecule has 0 aliphatic heterocycles. The molecule has 13 heavy (non-hydrogen) atoms. The molecule has 0 aliphatic carbocycles. The molecule has 0 heterocycles. The third kappa shape index (κ3) is 8.56. The first kappa shape index (κ1) is 13.2. The zero-order valence-electron chi connectivity index (χ0n) is 8.15. The van der Waals surface area contributed by atoms with E-state index in [0.29, 0.717) is 13.1 Å². The predicted molar refractivity (Wildman–Crippen MR) is 58.3 cm³/mol. The van der Waals surface area contributed by atoms with Crippen molar-refractivity contribution in [1.29, 1.82) is 0 Å². The number of unbranched alkanes of at least 4 members (excludes halogenated alkanes) is 2. The first-order valence-corrected chi connectivity index (χ1v) is 5.53. The number of nitrogens with zero attached hydrogens (tertiary/aromatic N) is 1. The van der Waals surface area contributed by atoms with Gasteiger partial charge < -0.3 is 10.2 Å². The van der Waals surface area contributed by atoms with Crippen molar-refractivity contribution >= 4 is 12.6 Å². The summed E-state index contributed by atoms with van der Waals surface area (Å²) in [5.74, 6) is 0.944. The quantitative estimate of drug-likeness (QED) is 0.378. The summed E-state index contributed by atoms with van der Waals surface area (Å²) in [6.45, 7) is 2.65. The van der Waals surface area contributed by atoms with E-state index in [1.54, 1.807) is 0 Å². The van der Waals surface area contributed by atoms with Gasteiger partial charge in [0, 0.05) is 13.1 Å². The lowest BCUT2D eigenvalue weighted by Gasteiger charge is -2.19. The van der Waals surface area contributed by atoms with Crippen molar-refractivity contribution in [1.82, 2.24) is 4.90 Å². The van der Waals surface area contributed by atoms with E-state index < -0.39 is 0 Å². The number of hydrogen-bond acceptors (Lipinski definition) is 4. The number of aliphatic hydroxyl groups is 2. The Balaban J connectivity index is 3.33. The highest BCUT2D eigenvalue weighted by Crippen LogP contribution is 1.99. The van der Waals surface area contributed by atoms with E-state index >= 15 is 0 Å². The minimum atomic E-state index is 0.173. The van der Waals surface area contributed by atoms with E-state index in [-0.39, 0.29) is 13.2 Å². The molecule has 0 saturated heterocycles. The standard InChI is InChI=1S/C9H21NO2S/c11-7-5-10(6-8-12)4-2-1-3-9-13/h11-13H,1-9H2. The SMILES string of the molecule is OCCN(CCO)CCCCCS. The topological polar surface area (TPSA) is 43.7 Å². The second-order valence-corrected chi connectivity index (χ2v) is 3.52. The average Bonchev–Trinajstić information content (AvgIpc) is 2.13. The van der Waals surface area contributed by atoms with Gasteiger partial charge in [0.1, 0.15) is 0 Å². The lowest BCUT2D eigenvalue weighted by molar-refractivity contribution is 0.159. The Morgan fingerprint density at radius 3 is 1.92 bits per heavy atom. The van der Waals surface area contributed by atoms with Crippen molar-refractivity contribution in [2.24, 2.45) is 0 Å². The van der Waals surface area contributed by atoms with Gasteiger partial charge in [-0.15, -0.1) is 0 Å². The molecule has 0 fully saturated rings. The van der Waals surface area contributed by atoms with Gasteiger partial charge in [-0.1, -0.05) is 6.42 Å². The molecule has 80 valence electrons. The second kappa shape index (κ2) is 10.3. The van der Waals surface area contributed by atoms with E-state index in [1.807, 2.05) is 0 Å². The monoisotopic (exact) mass is 207 g/mol. The Hall–Kier alpha value is 0.230. The summed E-state index contributed by atoms with van der Waals surface area (Å²) in [5.41, 5.74) is 0. The van der Waals surface area contributed by atoms with Crippen molar-refractivity contribution in [2.45, 2.75) is 19.3 Å². The van der Waals surface area contributed by atoms with Gasteiger partial charge in [0.15, 0.2) is 0 Å². The molecule has 0 saturated carbocycles. The van der Waals surface area contributed by atoms with Crippen LogP contribution in [0.5, 0.6) is 0 Å². The van der Waals surface area contributed by atoms with Crippen molar-refractivity contribution in [3.63, 3.8) is 0 Å². The smallest absolute Gasteiger partial charge is 0.0558 e. The van der Waals surface area contributed by atoms with Crippen LogP contribution in [0, 0.1) is 0 Å². The summed E-state index contributed by atoms with van der Waals surface area (Å²) in [5, 5.41) is 17.5. The van der Waals surface area contributed by atoms with Crippen molar-refractivity contribution < 1.29 is 10.2 Å². The molecular formula is C9H21NO2S. The van der Waals surface area contributed by atoms with Crippen LogP contribution in [-0.4, -0.2) is 53.7 Å². The van der Waals surface area contributed by atoms with Crippen LogP contribution in [0.1, 0.15) is 19.3 Å². The van der Waals surface area contributed by atoms with Gasteiger partial charge in [-0.05, 0) is 25.1 Å². The molecule has 0 radical (unpaired) electrons. The highest BCUT2D eigenvalue weighted by Gasteiger charge is 2.01. The van der Waals surface area contributed by atoms with Crippen molar-refractivity contribution in [3.05, 3.63) is 0 Å². The predicted octanol–water partition coefficient (Wildman–Crippen LogP) is 0.373. The van der Waals surface area contributed by atoms with E-state index in [4.69, 9.17) is 10.2 Å². The molecule has 0 unspecified atom stereocenters. The van der Waals surface area contributed by atoms with E-state index in [0.717, 1.165) is 25.1 Å². The molecule has 3 nitrogen and oxygen atoms in total. The average molecular weight is 207 g/mol. The highest BCUT2D eigenvalue weighted by molar-refractivity contribution is 7.80. The molecule has 0 bridgehead atoms. The van der Waals surface area contributed by atoms with Crippen LogP contribution in [0.2, 0.25) is 0 Å². The Morgan fingerprint density at radius 2 is 1.46 bits per heavy atom. The Bertz CT molecular complexity index is 97.6. The first-order valence-electron chi connectivity index (χ1n) is 4.90. The summed E-state index contributed by atoms with van der Waals surface area (Å²) in [6, 6.07) is 0. The summed E-state index contributed by atoms with van der Waals surface area (Å²) in [7, 11) is 0. The molecule has 0 aromatic rings. The molecule has 0 aromatic heterocycles. The van der Waals surface area contributed by atoms with Crippen molar-refractivity contribution in [2.75, 3.05) is 38.6 Å². The summed E-state index contributed by atoms with van der Waals surface area (Å²) < 4.78 is 0. The normalized spacial score (nSPS) is 11.1. The fourth-order valence-corrected chi connectivity index (χ4v) is 1.47. The van der Waals surface area contributed by atoms with Crippen LogP contribution in [0.25, 0.3) is 0 Å². The lowest BCUT2D eigenvalue weighted by Crippen LogP contribution is -2.30. The lowest BCUT2D eigenvalue weighted by atomic mass is 10.2. The number of aliphatic hydroxyl groups excluding tert-OH is 2. The van der Waals surface area contributed by atoms with Gasteiger partial charge in [-0.3, -0.25) is 4.90 Å². The minimum Gasteiger partial charge on any atom is -0.395 e. The maximum atomic E-state index is 8.73. The third-order valence-corrected chi connectivity index (χ3v) is 2.28. The van der Waals surface area contributed by atoms with Crippen LogP contribution < -0.4 is 0 Å². The molecule has 0 aliphatic rings. The molecule has 0 spiro atoms. The number of hydrogen-bond donors (Lipinski definition) is 3. The second-order valence-electron chi connectivity index (χ2n) is 3.07. The van der Waals surface area contributed by atoms with E-state index in [1.165, 1.54) is 6.42 Å². The zero-order valence-corrected chi connectivity index (χ0v) is 9.05. The minimum absolute atomic E-state index is 0.173. The van der Waals surface area contributed by atoms with Gasteiger partial charge in [-0.2, -0.15) is 12.6 Å². The molecule has 4 heteroatoms. The summed E-state index contributed by atoms with van der Waals surface area (Å²) >= 11 is 4.13. The fourth-order valence-electron chi connectivity index (χ4n) is 1.24. The van der Waals surface area contributed by atoms with Gasteiger partial charge in [-0.25, -0.2) is 0 Å². The number of thiol groups is 1. The maximum absolute atomic E-state index is 8.73. The van der Waals surface area contributed by atoms with Gasteiger partial charge in [0.2, 0.25) is 0 Å². The van der Waals surface area contributed by atoms with Crippen molar-refractivity contribution in [3.8, 4) is 0 Å². The molecular weight excluding hydrogens is 186 g/mol. The highest BCUT2D eigenvalue weighted by atomic mass is 32.1. The molecule has 0 aromatic carbocycles. The Morgan fingerprint density at radius 1 is 0.846 bits per heavy atom. The Kier molecular flexibility index (Phi) is 10.5. The third-order valence-electron chi connectivity index (χ3n) is 1.96. The van der Waals surface area contributed by atoms with Gasteiger partial charge >= 0.3 is 0 Å². The molecule has 2 N–H and O–H groups in total. The van der Waals surface area contributed by atoms with E-state index in [9.17, 15) is 0 Å². The largest absolute Gasteiger partial charge is 0.395 e. The van der Waals surface area contributed by atoms with Crippen LogP contribution in [0.3, 0.4) is 0 Å². The first-order chi connectivity index (χ1) is 6.35. The maximum Gasteiger partial charge on any atom is 0.0558 e. The van der Waals surface area contributed by atoms with Crippen LogP contribution in [0.4, 0.5) is 0 Å². The summed E-state index contributed by atoms with van der Waals surface area (Å²) in [4.78, 5) is 2.08. The molecule has 0 atom stereocenters. The van der Waals surface area contributed by atoms with Crippen LogP contribution in [0.15, 0.2) is 0 Å². The van der Waals surface area contributed by atoms with Gasteiger partial charge in [0.25, 0.3) is 0 Å². The fraction of sp³-hybridized carbons (Fsp3) is 1.00. The van der Waals surface area contributed by atoms with Crippen LogP contribution >= 0.6 is 12.6 Å². The van der Waals surface area contributed by atoms with Gasteiger partial charge in [0.05, 0.1) is 13.2 Å². The van der Waals surface area contributed by atoms with E-state index in [2.05, 4.69) is 17.5 Å². The van der Waals surface area contributed by atoms with Crippen LogP contribution in [-0.2, 0) is 0 Å². The summed E-state index contributed by atoms with van der Waals surface area (Å²) in [6.07, 6.45) is 3.45. The molecule has 0 rings (SSSR count). The zero-order chi connectivity index (χ0) is 9.94. The molecule has 0 amide bonds.